The number of nitrogens with one attached hydrogen (secondary N) is 1. The maximum Gasteiger partial charge on any atom is 0.00683 e. The molecule has 2 aliphatic carbocycles. The van der Waals surface area contributed by atoms with Crippen LogP contribution in [-0.4, -0.2) is 12.6 Å². The number of rotatable bonds is 8. The smallest absolute Gasteiger partial charge is 0.00683 e. The fourth-order valence-electron chi connectivity index (χ4n) is 3.84. The summed E-state index contributed by atoms with van der Waals surface area (Å²) in [6, 6.07) is 0.885. The largest absolute Gasteiger partial charge is 0.314 e. The van der Waals surface area contributed by atoms with Crippen molar-refractivity contribution in [1.82, 2.24) is 5.32 Å². The van der Waals surface area contributed by atoms with Gasteiger partial charge in [0.05, 0.1) is 0 Å². The Balaban J connectivity index is 1.76. The highest BCUT2D eigenvalue weighted by molar-refractivity contribution is 4.88. The molecule has 2 atom stereocenters. The van der Waals surface area contributed by atoms with Crippen molar-refractivity contribution in [2.45, 2.75) is 91.0 Å². The second-order valence-corrected chi connectivity index (χ2v) is 7.96. The molecule has 112 valence electrons. The van der Waals surface area contributed by atoms with E-state index in [1.165, 1.54) is 70.8 Å². The van der Waals surface area contributed by atoms with Gasteiger partial charge in [-0.25, -0.2) is 0 Å². The molecule has 2 unspecified atom stereocenters. The summed E-state index contributed by atoms with van der Waals surface area (Å²) in [5.74, 6) is 1.96. The molecule has 0 saturated heterocycles. The molecule has 0 aromatic heterocycles. The van der Waals surface area contributed by atoms with Crippen LogP contribution in [0.5, 0.6) is 0 Å². The van der Waals surface area contributed by atoms with Gasteiger partial charge in [-0.3, -0.25) is 0 Å². The summed E-state index contributed by atoms with van der Waals surface area (Å²) < 4.78 is 0. The maximum absolute atomic E-state index is 3.79. The quantitative estimate of drug-likeness (QED) is 0.598. The molecule has 1 heteroatoms. The van der Waals surface area contributed by atoms with Crippen LogP contribution < -0.4 is 5.32 Å². The van der Waals surface area contributed by atoms with Crippen molar-refractivity contribution in [1.29, 1.82) is 0 Å². The lowest BCUT2D eigenvalue weighted by atomic mass is 9.66. The van der Waals surface area contributed by atoms with Crippen molar-refractivity contribution < 1.29 is 0 Å². The van der Waals surface area contributed by atoms with Crippen LogP contribution >= 0.6 is 0 Å². The van der Waals surface area contributed by atoms with Gasteiger partial charge in [0.2, 0.25) is 0 Å². The molecule has 0 bridgehead atoms. The summed E-state index contributed by atoms with van der Waals surface area (Å²) in [6.45, 7) is 8.58. The molecule has 0 amide bonds. The Morgan fingerprint density at radius 2 is 1.79 bits per heavy atom. The SMILES string of the molecule is CCCCCCC1CC(C)(C)CCC1CNC1CC1. The predicted molar refractivity (Wildman–Crippen MR) is 84.4 cm³/mol. The molecule has 2 saturated carbocycles. The molecule has 0 aromatic carbocycles. The molecule has 0 aliphatic heterocycles. The third kappa shape index (κ3) is 5.45. The second-order valence-electron chi connectivity index (χ2n) is 7.96. The average molecular weight is 265 g/mol. The number of unbranched alkanes of at least 4 members (excludes halogenated alkanes) is 3. The Bertz CT molecular complexity index is 252. The first kappa shape index (κ1) is 15.4. The predicted octanol–water partition coefficient (Wildman–Crippen LogP) is 5.15. The molecular formula is C18H35N. The lowest BCUT2D eigenvalue weighted by Crippen LogP contribution is -2.36. The molecular weight excluding hydrogens is 230 g/mol. The minimum atomic E-state index is 0.603. The summed E-state index contributed by atoms with van der Waals surface area (Å²) in [6.07, 6.45) is 14.4. The third-order valence-corrected chi connectivity index (χ3v) is 5.35. The standard InChI is InChI=1S/C18H35N/c1-4-5-6-7-8-15-13-18(2,3)12-11-16(15)14-19-17-9-10-17/h15-17,19H,4-14H2,1-3H3. The molecule has 0 heterocycles. The molecule has 0 spiro atoms. The van der Waals surface area contributed by atoms with Crippen LogP contribution in [0.3, 0.4) is 0 Å². The fourth-order valence-corrected chi connectivity index (χ4v) is 3.84. The van der Waals surface area contributed by atoms with E-state index < -0.39 is 0 Å². The molecule has 19 heavy (non-hydrogen) atoms. The highest BCUT2D eigenvalue weighted by Crippen LogP contribution is 2.43. The van der Waals surface area contributed by atoms with E-state index in [1.54, 1.807) is 0 Å². The highest BCUT2D eigenvalue weighted by Gasteiger charge is 2.35. The first-order valence-electron chi connectivity index (χ1n) is 8.84. The first-order valence-corrected chi connectivity index (χ1v) is 8.84. The van der Waals surface area contributed by atoms with Crippen LogP contribution in [0, 0.1) is 17.3 Å². The Kier molecular flexibility index (Phi) is 5.74. The van der Waals surface area contributed by atoms with E-state index in [0.29, 0.717) is 5.41 Å². The van der Waals surface area contributed by atoms with E-state index >= 15 is 0 Å². The molecule has 2 rings (SSSR count). The monoisotopic (exact) mass is 265 g/mol. The molecule has 2 fully saturated rings. The molecule has 1 nitrogen and oxygen atoms in total. The zero-order chi connectivity index (χ0) is 13.7. The molecule has 2 aliphatic rings. The van der Waals surface area contributed by atoms with Crippen LogP contribution in [0.15, 0.2) is 0 Å². The van der Waals surface area contributed by atoms with Crippen LogP contribution in [0.4, 0.5) is 0 Å². The average Bonchev–Trinajstić information content (AvgIpc) is 3.17. The lowest BCUT2D eigenvalue weighted by Gasteiger charge is -2.41. The van der Waals surface area contributed by atoms with Gasteiger partial charge < -0.3 is 5.32 Å². The molecule has 1 N–H and O–H groups in total. The van der Waals surface area contributed by atoms with Crippen LogP contribution in [0.2, 0.25) is 0 Å². The van der Waals surface area contributed by atoms with Gasteiger partial charge in [-0.15, -0.1) is 0 Å². The molecule has 0 radical (unpaired) electrons. The second kappa shape index (κ2) is 7.11. The van der Waals surface area contributed by atoms with Crippen molar-refractivity contribution in [3.63, 3.8) is 0 Å². The van der Waals surface area contributed by atoms with Gasteiger partial charge >= 0.3 is 0 Å². The minimum Gasteiger partial charge on any atom is -0.314 e. The fraction of sp³-hybridized carbons (Fsp3) is 1.00. The van der Waals surface area contributed by atoms with Gasteiger partial charge in [-0.2, -0.15) is 0 Å². The summed E-state index contributed by atoms with van der Waals surface area (Å²) in [4.78, 5) is 0. The lowest BCUT2D eigenvalue weighted by molar-refractivity contribution is 0.107. The topological polar surface area (TPSA) is 12.0 Å². The van der Waals surface area contributed by atoms with E-state index in [9.17, 15) is 0 Å². The summed E-state index contributed by atoms with van der Waals surface area (Å²) in [5, 5.41) is 3.79. The van der Waals surface area contributed by atoms with E-state index in [4.69, 9.17) is 0 Å². The summed E-state index contributed by atoms with van der Waals surface area (Å²) in [5.41, 5.74) is 0.603. The summed E-state index contributed by atoms with van der Waals surface area (Å²) in [7, 11) is 0. The van der Waals surface area contributed by atoms with E-state index in [2.05, 4.69) is 26.1 Å². The highest BCUT2D eigenvalue weighted by atomic mass is 14.9. The Labute approximate surface area is 120 Å². The third-order valence-electron chi connectivity index (χ3n) is 5.35. The van der Waals surface area contributed by atoms with Crippen molar-refractivity contribution in [2.75, 3.05) is 6.54 Å². The van der Waals surface area contributed by atoms with Crippen molar-refractivity contribution in [3.8, 4) is 0 Å². The zero-order valence-corrected chi connectivity index (χ0v) is 13.5. The van der Waals surface area contributed by atoms with Gasteiger partial charge in [0, 0.05) is 6.04 Å². The van der Waals surface area contributed by atoms with Crippen LogP contribution in [0.1, 0.15) is 85.0 Å². The Morgan fingerprint density at radius 1 is 1.00 bits per heavy atom. The van der Waals surface area contributed by atoms with Gasteiger partial charge in [0.15, 0.2) is 0 Å². The van der Waals surface area contributed by atoms with Gasteiger partial charge in [0.1, 0.15) is 0 Å². The number of hydrogen-bond donors (Lipinski definition) is 1. The Hall–Kier alpha value is -0.0400. The van der Waals surface area contributed by atoms with Gasteiger partial charge in [-0.1, -0.05) is 52.9 Å². The van der Waals surface area contributed by atoms with Crippen molar-refractivity contribution in [2.24, 2.45) is 17.3 Å². The van der Waals surface area contributed by atoms with Gasteiger partial charge in [-0.05, 0) is 55.9 Å². The minimum absolute atomic E-state index is 0.603. The van der Waals surface area contributed by atoms with Crippen LogP contribution in [0.25, 0.3) is 0 Å². The van der Waals surface area contributed by atoms with Crippen molar-refractivity contribution >= 4 is 0 Å². The van der Waals surface area contributed by atoms with Crippen molar-refractivity contribution in [3.05, 3.63) is 0 Å². The summed E-state index contributed by atoms with van der Waals surface area (Å²) >= 11 is 0. The van der Waals surface area contributed by atoms with E-state index in [-0.39, 0.29) is 0 Å². The Morgan fingerprint density at radius 3 is 2.47 bits per heavy atom. The van der Waals surface area contributed by atoms with E-state index in [1.807, 2.05) is 0 Å². The van der Waals surface area contributed by atoms with E-state index in [0.717, 1.165) is 17.9 Å². The molecule has 0 aromatic rings. The maximum atomic E-state index is 3.79. The van der Waals surface area contributed by atoms with Crippen LogP contribution in [-0.2, 0) is 0 Å². The zero-order valence-electron chi connectivity index (χ0n) is 13.5. The van der Waals surface area contributed by atoms with Gasteiger partial charge in [0.25, 0.3) is 0 Å². The first-order chi connectivity index (χ1) is 9.11. The normalized spacial score (nSPS) is 30.5. The number of hydrogen-bond acceptors (Lipinski definition) is 1.